The maximum absolute atomic E-state index is 10.7. The highest BCUT2D eigenvalue weighted by Gasteiger charge is 2.13. The Bertz CT molecular complexity index is 381. The monoisotopic (exact) mass is 260 g/mol. The second kappa shape index (κ2) is 6.01. The van der Waals surface area contributed by atoms with E-state index in [0.717, 1.165) is 11.3 Å². The number of thioether (sulfide) groups is 1. The Hall–Kier alpha value is -0.870. The van der Waals surface area contributed by atoms with E-state index in [1.807, 2.05) is 0 Å². The molecule has 1 rings (SSSR count). The van der Waals surface area contributed by atoms with Crippen molar-refractivity contribution in [1.82, 2.24) is 0 Å². The van der Waals surface area contributed by atoms with Gasteiger partial charge >= 0.3 is 5.97 Å². The van der Waals surface area contributed by atoms with E-state index in [-0.39, 0.29) is 0 Å². The van der Waals surface area contributed by atoms with Crippen molar-refractivity contribution in [1.29, 1.82) is 0 Å². The summed E-state index contributed by atoms with van der Waals surface area (Å²) in [5, 5.41) is 8.95. The van der Waals surface area contributed by atoms with Gasteiger partial charge < -0.3 is 9.84 Å². The number of carboxylic acids is 1. The molecule has 0 saturated carbocycles. The fourth-order valence-electron chi connectivity index (χ4n) is 1.15. The van der Waals surface area contributed by atoms with E-state index >= 15 is 0 Å². The van der Waals surface area contributed by atoms with Crippen LogP contribution in [0, 0.1) is 0 Å². The van der Waals surface area contributed by atoms with Crippen molar-refractivity contribution in [3.05, 3.63) is 28.8 Å². The molecule has 1 atom stereocenters. The average Bonchev–Trinajstić information content (AvgIpc) is 2.25. The number of methoxy groups -OCH3 is 1. The number of carboxylic acid groups (broad SMARTS) is 1. The Morgan fingerprint density at radius 1 is 1.62 bits per heavy atom. The topological polar surface area (TPSA) is 46.5 Å². The molecule has 0 spiro atoms. The quantitative estimate of drug-likeness (QED) is 0.884. The summed E-state index contributed by atoms with van der Waals surface area (Å²) in [6.45, 7) is 1.66. The minimum Gasteiger partial charge on any atom is -0.496 e. The van der Waals surface area contributed by atoms with Gasteiger partial charge in [-0.15, -0.1) is 11.8 Å². The molecule has 0 heterocycles. The van der Waals surface area contributed by atoms with Crippen molar-refractivity contribution < 1.29 is 14.6 Å². The first kappa shape index (κ1) is 13.2. The molecule has 0 aliphatic carbocycles. The molecule has 1 aromatic rings. The molecule has 0 bridgehead atoms. The molecule has 0 amide bonds. The van der Waals surface area contributed by atoms with Gasteiger partial charge in [-0.1, -0.05) is 11.6 Å². The van der Waals surface area contributed by atoms with Crippen LogP contribution in [0.1, 0.15) is 12.5 Å². The number of ether oxygens (including phenoxy) is 1. The lowest BCUT2D eigenvalue weighted by molar-refractivity contribution is -0.136. The van der Waals surface area contributed by atoms with Crippen LogP contribution < -0.4 is 4.74 Å². The highest BCUT2D eigenvalue weighted by Crippen LogP contribution is 2.28. The van der Waals surface area contributed by atoms with E-state index in [1.165, 1.54) is 11.8 Å². The summed E-state index contributed by atoms with van der Waals surface area (Å²) < 4.78 is 5.17. The molecule has 16 heavy (non-hydrogen) atoms. The third-order valence-corrected chi connectivity index (χ3v) is 3.49. The van der Waals surface area contributed by atoms with Crippen molar-refractivity contribution in [2.24, 2.45) is 0 Å². The zero-order valence-electron chi connectivity index (χ0n) is 9.07. The summed E-state index contributed by atoms with van der Waals surface area (Å²) in [6.07, 6.45) is 0. The van der Waals surface area contributed by atoms with E-state index < -0.39 is 11.2 Å². The zero-order chi connectivity index (χ0) is 12.1. The van der Waals surface area contributed by atoms with E-state index in [0.29, 0.717) is 10.8 Å². The fourth-order valence-corrected chi connectivity index (χ4v) is 2.14. The van der Waals surface area contributed by atoms with Crippen LogP contribution in [0.5, 0.6) is 5.75 Å². The predicted octanol–water partition coefficient (Wildman–Crippen LogP) is 3.05. The Labute approximate surface area is 104 Å². The summed E-state index contributed by atoms with van der Waals surface area (Å²) in [6, 6.07) is 5.32. The smallest absolute Gasteiger partial charge is 0.316 e. The largest absolute Gasteiger partial charge is 0.496 e. The molecule has 0 aromatic heterocycles. The van der Waals surface area contributed by atoms with Crippen molar-refractivity contribution in [3.8, 4) is 5.75 Å². The molecule has 1 aromatic carbocycles. The first-order valence-corrected chi connectivity index (χ1v) is 6.14. The first-order chi connectivity index (χ1) is 7.54. The molecule has 88 valence electrons. The van der Waals surface area contributed by atoms with E-state index in [4.69, 9.17) is 21.4 Å². The lowest BCUT2D eigenvalue weighted by Gasteiger charge is -2.10. The van der Waals surface area contributed by atoms with Gasteiger partial charge in [0.1, 0.15) is 5.75 Å². The van der Waals surface area contributed by atoms with Gasteiger partial charge in [-0.25, -0.2) is 0 Å². The predicted molar refractivity (Wildman–Crippen MR) is 66.4 cm³/mol. The van der Waals surface area contributed by atoms with Gasteiger partial charge in [0, 0.05) is 16.3 Å². The third kappa shape index (κ3) is 3.61. The van der Waals surface area contributed by atoms with E-state index in [2.05, 4.69) is 0 Å². The summed E-state index contributed by atoms with van der Waals surface area (Å²) in [7, 11) is 1.58. The second-order valence-electron chi connectivity index (χ2n) is 3.25. The third-order valence-electron chi connectivity index (χ3n) is 2.08. The van der Waals surface area contributed by atoms with Crippen molar-refractivity contribution in [3.63, 3.8) is 0 Å². The number of benzene rings is 1. The van der Waals surface area contributed by atoms with Gasteiger partial charge in [0.05, 0.1) is 12.4 Å². The van der Waals surface area contributed by atoms with E-state index in [9.17, 15) is 4.79 Å². The van der Waals surface area contributed by atoms with Crippen LogP contribution in [0.2, 0.25) is 5.02 Å². The highest BCUT2D eigenvalue weighted by molar-refractivity contribution is 7.99. The second-order valence-corrected chi connectivity index (χ2v) is 5.01. The van der Waals surface area contributed by atoms with Gasteiger partial charge in [0.2, 0.25) is 0 Å². The van der Waals surface area contributed by atoms with Crippen LogP contribution in [0.25, 0.3) is 0 Å². The minimum absolute atomic E-state index is 0.441. The fraction of sp³-hybridized carbons (Fsp3) is 0.364. The summed E-state index contributed by atoms with van der Waals surface area (Å²) in [5.41, 5.74) is 0.910. The Morgan fingerprint density at radius 3 is 2.88 bits per heavy atom. The van der Waals surface area contributed by atoms with Crippen LogP contribution in [0.3, 0.4) is 0 Å². The van der Waals surface area contributed by atoms with Gasteiger partial charge in [0.15, 0.2) is 0 Å². The molecule has 1 unspecified atom stereocenters. The minimum atomic E-state index is -0.814. The lowest BCUT2D eigenvalue weighted by atomic mass is 10.2. The van der Waals surface area contributed by atoms with Crippen LogP contribution in [0.4, 0.5) is 0 Å². The van der Waals surface area contributed by atoms with Gasteiger partial charge in [-0.05, 0) is 25.1 Å². The molecular formula is C11H13ClO3S. The molecule has 1 N–H and O–H groups in total. The molecule has 0 fully saturated rings. The van der Waals surface area contributed by atoms with Crippen LogP contribution in [0.15, 0.2) is 18.2 Å². The molecule has 0 saturated heterocycles. The zero-order valence-corrected chi connectivity index (χ0v) is 10.6. The Kier molecular flexibility index (Phi) is 4.96. The van der Waals surface area contributed by atoms with Crippen molar-refractivity contribution in [2.45, 2.75) is 17.9 Å². The number of hydrogen-bond donors (Lipinski definition) is 1. The van der Waals surface area contributed by atoms with E-state index in [1.54, 1.807) is 32.2 Å². The number of rotatable bonds is 5. The standard InChI is InChI=1S/C11H13ClO3S/c1-7(11(13)14)16-6-8-5-9(12)3-4-10(8)15-2/h3-5,7H,6H2,1-2H3,(H,13,14). The maximum Gasteiger partial charge on any atom is 0.316 e. The summed E-state index contributed by atoms with van der Waals surface area (Å²) in [4.78, 5) is 10.7. The Balaban J connectivity index is 2.72. The number of carbonyl (C=O) groups is 1. The normalized spacial score (nSPS) is 12.2. The van der Waals surface area contributed by atoms with Crippen LogP contribution in [-0.4, -0.2) is 23.4 Å². The maximum atomic E-state index is 10.7. The Morgan fingerprint density at radius 2 is 2.31 bits per heavy atom. The molecule has 0 aliphatic rings. The van der Waals surface area contributed by atoms with Gasteiger partial charge in [0.25, 0.3) is 0 Å². The number of hydrogen-bond acceptors (Lipinski definition) is 3. The lowest BCUT2D eigenvalue weighted by Crippen LogP contribution is -2.11. The van der Waals surface area contributed by atoms with Crippen LogP contribution >= 0.6 is 23.4 Å². The molecular weight excluding hydrogens is 248 g/mol. The molecule has 0 aliphatic heterocycles. The van der Waals surface area contributed by atoms with Crippen molar-refractivity contribution >= 4 is 29.3 Å². The summed E-state index contributed by atoms with van der Waals surface area (Å²) >= 11 is 7.21. The van der Waals surface area contributed by atoms with Gasteiger partial charge in [-0.2, -0.15) is 0 Å². The molecule has 5 heteroatoms. The van der Waals surface area contributed by atoms with Crippen LogP contribution in [-0.2, 0) is 10.5 Å². The highest BCUT2D eigenvalue weighted by atomic mass is 35.5. The summed E-state index contributed by atoms with van der Waals surface area (Å²) in [5.74, 6) is 0.484. The SMILES string of the molecule is COc1ccc(Cl)cc1CSC(C)C(=O)O. The average molecular weight is 261 g/mol. The molecule has 0 radical (unpaired) electrons. The van der Waals surface area contributed by atoms with Gasteiger partial charge in [-0.3, -0.25) is 4.79 Å². The van der Waals surface area contributed by atoms with Crippen molar-refractivity contribution in [2.75, 3.05) is 7.11 Å². The molecule has 3 nitrogen and oxygen atoms in total. The first-order valence-electron chi connectivity index (χ1n) is 4.71. The number of aliphatic carboxylic acids is 1. The number of halogens is 1.